The first-order valence-electron chi connectivity index (χ1n) is 6.32. The minimum atomic E-state index is -0.636. The van der Waals surface area contributed by atoms with E-state index < -0.39 is 11.7 Å². The SMILES string of the molecule is CCOC(CC)(CC)C(O)c1cnc(C)n1C. The molecule has 0 spiro atoms. The fourth-order valence-corrected chi connectivity index (χ4v) is 2.25. The topological polar surface area (TPSA) is 47.3 Å². The van der Waals surface area contributed by atoms with Gasteiger partial charge in [-0.25, -0.2) is 4.98 Å². The van der Waals surface area contributed by atoms with Gasteiger partial charge in [-0.05, 0) is 26.7 Å². The highest BCUT2D eigenvalue weighted by Gasteiger charge is 2.38. The Bertz CT molecular complexity index is 356. The number of nitrogens with zero attached hydrogens (tertiary/aromatic N) is 2. The predicted octanol–water partition coefficient (Wildman–Crippen LogP) is 2.36. The summed E-state index contributed by atoms with van der Waals surface area (Å²) in [6, 6.07) is 0. The van der Waals surface area contributed by atoms with Crippen molar-refractivity contribution in [3.05, 3.63) is 17.7 Å². The Hall–Kier alpha value is -0.870. The van der Waals surface area contributed by atoms with Crippen molar-refractivity contribution >= 4 is 0 Å². The van der Waals surface area contributed by atoms with E-state index in [9.17, 15) is 5.11 Å². The molecular formula is C13H24N2O2. The summed E-state index contributed by atoms with van der Waals surface area (Å²) in [5.41, 5.74) is 0.314. The van der Waals surface area contributed by atoms with Gasteiger partial charge in [0.25, 0.3) is 0 Å². The summed E-state index contributed by atoms with van der Waals surface area (Å²) in [4.78, 5) is 4.23. The fourth-order valence-electron chi connectivity index (χ4n) is 2.25. The van der Waals surface area contributed by atoms with Crippen LogP contribution in [0.1, 0.15) is 51.2 Å². The van der Waals surface area contributed by atoms with Gasteiger partial charge in [0.15, 0.2) is 0 Å². The van der Waals surface area contributed by atoms with E-state index in [0.717, 1.165) is 24.4 Å². The molecule has 0 aromatic carbocycles. The zero-order chi connectivity index (χ0) is 13.1. The van der Waals surface area contributed by atoms with Gasteiger partial charge >= 0.3 is 0 Å². The quantitative estimate of drug-likeness (QED) is 0.830. The van der Waals surface area contributed by atoms with Crippen LogP contribution in [0.15, 0.2) is 6.20 Å². The van der Waals surface area contributed by atoms with Crippen molar-refractivity contribution in [1.82, 2.24) is 9.55 Å². The molecule has 4 nitrogen and oxygen atoms in total. The van der Waals surface area contributed by atoms with Crippen LogP contribution >= 0.6 is 0 Å². The highest BCUT2D eigenvalue weighted by Crippen LogP contribution is 2.35. The van der Waals surface area contributed by atoms with Crippen molar-refractivity contribution in [2.24, 2.45) is 7.05 Å². The Morgan fingerprint density at radius 3 is 2.35 bits per heavy atom. The fraction of sp³-hybridized carbons (Fsp3) is 0.769. The van der Waals surface area contributed by atoms with Crippen LogP contribution in [0.4, 0.5) is 0 Å². The van der Waals surface area contributed by atoms with Crippen LogP contribution in [0.2, 0.25) is 0 Å². The van der Waals surface area contributed by atoms with Gasteiger partial charge in [-0.1, -0.05) is 13.8 Å². The van der Waals surface area contributed by atoms with Crippen LogP contribution < -0.4 is 0 Å². The number of imidazole rings is 1. The lowest BCUT2D eigenvalue weighted by molar-refractivity contribution is -0.129. The molecule has 1 atom stereocenters. The number of rotatable bonds is 6. The molecule has 0 amide bonds. The summed E-state index contributed by atoms with van der Waals surface area (Å²) in [5, 5.41) is 10.6. The summed E-state index contributed by atoms with van der Waals surface area (Å²) >= 11 is 0. The summed E-state index contributed by atoms with van der Waals surface area (Å²) in [6.45, 7) is 8.59. The van der Waals surface area contributed by atoms with Crippen molar-refractivity contribution in [3.8, 4) is 0 Å². The second-order valence-electron chi connectivity index (χ2n) is 4.40. The molecule has 0 radical (unpaired) electrons. The van der Waals surface area contributed by atoms with E-state index in [0.29, 0.717) is 6.61 Å². The number of hydrogen-bond acceptors (Lipinski definition) is 3. The van der Waals surface area contributed by atoms with Gasteiger partial charge in [-0.2, -0.15) is 0 Å². The molecule has 1 aromatic heterocycles. The molecule has 0 fully saturated rings. The number of aryl methyl sites for hydroxylation is 1. The summed E-state index contributed by atoms with van der Waals surface area (Å²) < 4.78 is 7.74. The third kappa shape index (κ3) is 2.53. The highest BCUT2D eigenvalue weighted by molar-refractivity contribution is 5.12. The average Bonchev–Trinajstić information content (AvgIpc) is 2.66. The van der Waals surface area contributed by atoms with Crippen LogP contribution in [-0.2, 0) is 11.8 Å². The number of aliphatic hydroxyl groups is 1. The number of aromatic nitrogens is 2. The molecule has 1 heterocycles. The van der Waals surface area contributed by atoms with Gasteiger partial charge in [0, 0.05) is 13.7 Å². The van der Waals surface area contributed by atoms with Crippen LogP contribution in [0.3, 0.4) is 0 Å². The molecule has 4 heteroatoms. The molecule has 1 rings (SSSR count). The monoisotopic (exact) mass is 240 g/mol. The largest absolute Gasteiger partial charge is 0.384 e. The number of aliphatic hydroxyl groups excluding tert-OH is 1. The smallest absolute Gasteiger partial charge is 0.124 e. The molecule has 0 saturated heterocycles. The Morgan fingerprint density at radius 1 is 1.41 bits per heavy atom. The van der Waals surface area contributed by atoms with E-state index in [-0.39, 0.29) is 0 Å². The van der Waals surface area contributed by atoms with Crippen molar-refractivity contribution in [2.75, 3.05) is 6.61 Å². The van der Waals surface area contributed by atoms with Gasteiger partial charge in [-0.15, -0.1) is 0 Å². The van der Waals surface area contributed by atoms with E-state index in [1.54, 1.807) is 6.20 Å². The van der Waals surface area contributed by atoms with E-state index in [1.807, 2.05) is 39.3 Å². The van der Waals surface area contributed by atoms with Crippen LogP contribution in [0.5, 0.6) is 0 Å². The molecule has 1 unspecified atom stereocenters. The van der Waals surface area contributed by atoms with Gasteiger partial charge in [-0.3, -0.25) is 0 Å². The first-order chi connectivity index (χ1) is 8.02. The molecule has 0 aliphatic heterocycles. The Balaban J connectivity index is 3.07. The predicted molar refractivity (Wildman–Crippen MR) is 67.8 cm³/mol. The molecule has 0 aliphatic carbocycles. The summed E-state index contributed by atoms with van der Waals surface area (Å²) in [5.74, 6) is 0.900. The molecule has 0 saturated carbocycles. The Labute approximate surface area is 104 Å². The van der Waals surface area contributed by atoms with Gasteiger partial charge in [0.1, 0.15) is 11.9 Å². The van der Waals surface area contributed by atoms with E-state index >= 15 is 0 Å². The first-order valence-corrected chi connectivity index (χ1v) is 6.32. The average molecular weight is 240 g/mol. The van der Waals surface area contributed by atoms with Gasteiger partial charge < -0.3 is 14.4 Å². The first kappa shape index (κ1) is 14.2. The van der Waals surface area contributed by atoms with Gasteiger partial charge in [0.2, 0.25) is 0 Å². The third-order valence-electron chi connectivity index (χ3n) is 3.66. The summed E-state index contributed by atoms with van der Waals surface area (Å²) in [6.07, 6.45) is 2.66. The molecule has 1 aromatic rings. The maximum atomic E-state index is 10.6. The highest BCUT2D eigenvalue weighted by atomic mass is 16.5. The normalized spacial score (nSPS) is 14.0. The molecule has 0 bridgehead atoms. The van der Waals surface area contributed by atoms with E-state index in [1.165, 1.54) is 0 Å². The van der Waals surface area contributed by atoms with Crippen molar-refractivity contribution < 1.29 is 9.84 Å². The third-order valence-corrected chi connectivity index (χ3v) is 3.66. The standard InChI is InChI=1S/C13H24N2O2/c1-6-13(7-2,17-8-3)12(16)11-9-14-10(4)15(11)5/h9,12,16H,6-8H2,1-5H3. The lowest BCUT2D eigenvalue weighted by Crippen LogP contribution is -2.39. The second-order valence-corrected chi connectivity index (χ2v) is 4.40. The molecular weight excluding hydrogens is 216 g/mol. The second kappa shape index (κ2) is 5.65. The van der Waals surface area contributed by atoms with E-state index in [2.05, 4.69) is 4.98 Å². The number of hydrogen-bond donors (Lipinski definition) is 1. The number of ether oxygens (including phenoxy) is 1. The lowest BCUT2D eigenvalue weighted by atomic mass is 9.88. The van der Waals surface area contributed by atoms with Crippen LogP contribution in [0.25, 0.3) is 0 Å². The van der Waals surface area contributed by atoms with Crippen LogP contribution in [0, 0.1) is 6.92 Å². The molecule has 0 aliphatic rings. The Kier molecular flexibility index (Phi) is 4.71. The van der Waals surface area contributed by atoms with Gasteiger partial charge in [0.05, 0.1) is 17.5 Å². The summed E-state index contributed by atoms with van der Waals surface area (Å²) in [7, 11) is 1.92. The minimum absolute atomic E-state index is 0.505. The van der Waals surface area contributed by atoms with Crippen molar-refractivity contribution in [1.29, 1.82) is 0 Å². The van der Waals surface area contributed by atoms with E-state index in [4.69, 9.17) is 4.74 Å². The lowest BCUT2D eigenvalue weighted by Gasteiger charge is -2.36. The van der Waals surface area contributed by atoms with Crippen LogP contribution in [-0.4, -0.2) is 26.9 Å². The van der Waals surface area contributed by atoms with Crippen molar-refractivity contribution in [2.45, 2.75) is 52.2 Å². The zero-order valence-corrected chi connectivity index (χ0v) is 11.5. The maximum absolute atomic E-state index is 10.6. The Morgan fingerprint density at radius 2 is 2.00 bits per heavy atom. The maximum Gasteiger partial charge on any atom is 0.124 e. The van der Waals surface area contributed by atoms with Crippen molar-refractivity contribution in [3.63, 3.8) is 0 Å². The molecule has 1 N–H and O–H groups in total. The molecule has 17 heavy (non-hydrogen) atoms. The minimum Gasteiger partial charge on any atom is -0.384 e. The molecule has 98 valence electrons. The zero-order valence-electron chi connectivity index (χ0n) is 11.5.